The van der Waals surface area contributed by atoms with Crippen LogP contribution in [0.3, 0.4) is 0 Å². The summed E-state index contributed by atoms with van der Waals surface area (Å²) in [6, 6.07) is 20.0. The maximum atomic E-state index is 13.2. The summed E-state index contributed by atoms with van der Waals surface area (Å²) >= 11 is 5.99. The van der Waals surface area contributed by atoms with Gasteiger partial charge in [-0.25, -0.2) is 4.39 Å². The predicted octanol–water partition coefficient (Wildman–Crippen LogP) is 5.18. The summed E-state index contributed by atoms with van der Waals surface area (Å²) in [6.07, 6.45) is 0. The first-order chi connectivity index (χ1) is 14.4. The van der Waals surface area contributed by atoms with Crippen LogP contribution in [-0.4, -0.2) is 16.7 Å². The number of carbonyl (C=O) groups excluding carboxylic acids is 2. The average molecular weight is 421 g/mol. The van der Waals surface area contributed by atoms with Crippen molar-refractivity contribution in [3.8, 4) is 0 Å². The Morgan fingerprint density at radius 1 is 0.933 bits per heavy atom. The Labute approximate surface area is 178 Å². The number of anilines is 1. The summed E-state index contributed by atoms with van der Waals surface area (Å²) in [5.74, 6) is -1.22. The van der Waals surface area contributed by atoms with E-state index < -0.39 is 11.8 Å². The van der Waals surface area contributed by atoms with Crippen LogP contribution in [0.5, 0.6) is 0 Å². The molecule has 3 aromatic carbocycles. The van der Waals surface area contributed by atoms with Crippen LogP contribution in [0.25, 0.3) is 5.57 Å². The van der Waals surface area contributed by atoms with Crippen molar-refractivity contribution in [1.82, 2.24) is 4.90 Å². The zero-order chi connectivity index (χ0) is 21.3. The van der Waals surface area contributed by atoms with Crippen LogP contribution >= 0.6 is 11.6 Å². The molecule has 0 aromatic heterocycles. The molecule has 0 fully saturated rings. The van der Waals surface area contributed by atoms with Crippen molar-refractivity contribution in [2.75, 3.05) is 5.32 Å². The van der Waals surface area contributed by atoms with Crippen molar-refractivity contribution in [1.29, 1.82) is 0 Å². The predicted molar refractivity (Wildman–Crippen MR) is 115 cm³/mol. The van der Waals surface area contributed by atoms with Gasteiger partial charge in [-0.15, -0.1) is 0 Å². The van der Waals surface area contributed by atoms with E-state index in [0.29, 0.717) is 21.8 Å². The summed E-state index contributed by atoms with van der Waals surface area (Å²) in [7, 11) is 0. The number of aryl methyl sites for hydroxylation is 1. The summed E-state index contributed by atoms with van der Waals surface area (Å²) in [4.78, 5) is 27.6. The lowest BCUT2D eigenvalue weighted by molar-refractivity contribution is -0.137. The highest BCUT2D eigenvalue weighted by Gasteiger charge is 2.39. The molecule has 2 amide bonds. The van der Waals surface area contributed by atoms with Gasteiger partial charge in [0.25, 0.3) is 11.8 Å². The molecule has 0 saturated heterocycles. The average Bonchev–Trinajstić information content (AvgIpc) is 2.95. The van der Waals surface area contributed by atoms with E-state index in [2.05, 4.69) is 5.32 Å². The zero-order valence-corrected chi connectivity index (χ0v) is 16.9. The molecule has 1 aliphatic heterocycles. The molecule has 1 heterocycles. The Hall–Kier alpha value is -3.44. The maximum Gasteiger partial charge on any atom is 0.278 e. The summed E-state index contributed by atoms with van der Waals surface area (Å²) in [6.45, 7) is 2.00. The highest BCUT2D eigenvalue weighted by molar-refractivity contribution is 6.36. The fourth-order valence-electron chi connectivity index (χ4n) is 3.36. The molecule has 0 spiro atoms. The van der Waals surface area contributed by atoms with E-state index in [1.54, 1.807) is 36.4 Å². The molecule has 4 nitrogen and oxygen atoms in total. The zero-order valence-electron chi connectivity index (χ0n) is 16.2. The Kier molecular flexibility index (Phi) is 5.38. The van der Waals surface area contributed by atoms with E-state index in [0.717, 1.165) is 10.5 Å². The van der Waals surface area contributed by atoms with Gasteiger partial charge in [-0.3, -0.25) is 14.5 Å². The van der Waals surface area contributed by atoms with E-state index >= 15 is 0 Å². The molecule has 0 radical (unpaired) electrons. The number of carbonyl (C=O) groups is 2. The number of halogens is 2. The van der Waals surface area contributed by atoms with Gasteiger partial charge in [0.05, 0.1) is 12.1 Å². The molecule has 1 N–H and O–H groups in total. The number of amides is 2. The highest BCUT2D eigenvalue weighted by atomic mass is 35.5. The summed E-state index contributed by atoms with van der Waals surface area (Å²) in [5.41, 5.74) is 3.46. The number of nitrogens with zero attached hydrogens (tertiary/aromatic N) is 1. The van der Waals surface area contributed by atoms with E-state index in [-0.39, 0.29) is 23.6 Å². The second-order valence-electron chi connectivity index (χ2n) is 7.07. The molecular weight excluding hydrogens is 403 g/mol. The van der Waals surface area contributed by atoms with Gasteiger partial charge in [-0.05, 0) is 60.0 Å². The number of hydrogen-bond acceptors (Lipinski definition) is 3. The summed E-state index contributed by atoms with van der Waals surface area (Å²) < 4.78 is 13.2. The largest absolute Gasteiger partial charge is 0.350 e. The third-order valence-electron chi connectivity index (χ3n) is 4.84. The monoisotopic (exact) mass is 420 g/mol. The van der Waals surface area contributed by atoms with E-state index in [4.69, 9.17) is 11.6 Å². The standard InChI is InChI=1S/C24H18ClFN2O2/c1-15-3-2-4-20(13-15)27-22-21(17-7-9-18(25)10-8-17)23(29)28(24(22)30)14-16-5-11-19(26)12-6-16/h2-13,27H,14H2,1H3. The first kappa shape index (κ1) is 19.9. The van der Waals surface area contributed by atoms with Crippen molar-refractivity contribution < 1.29 is 14.0 Å². The molecule has 0 bridgehead atoms. The van der Waals surface area contributed by atoms with Gasteiger partial charge in [-0.2, -0.15) is 0 Å². The van der Waals surface area contributed by atoms with Crippen LogP contribution in [0.15, 0.2) is 78.5 Å². The Morgan fingerprint density at radius 2 is 1.63 bits per heavy atom. The third-order valence-corrected chi connectivity index (χ3v) is 5.09. The Bertz CT molecular complexity index is 1150. The first-order valence-corrected chi connectivity index (χ1v) is 9.75. The maximum absolute atomic E-state index is 13.2. The smallest absolute Gasteiger partial charge is 0.278 e. The number of imide groups is 1. The first-order valence-electron chi connectivity index (χ1n) is 9.37. The van der Waals surface area contributed by atoms with Gasteiger partial charge in [0.1, 0.15) is 11.5 Å². The van der Waals surface area contributed by atoms with Crippen LogP contribution in [0, 0.1) is 12.7 Å². The molecule has 30 heavy (non-hydrogen) atoms. The van der Waals surface area contributed by atoms with Crippen molar-refractivity contribution >= 4 is 34.7 Å². The molecular formula is C24H18ClFN2O2. The van der Waals surface area contributed by atoms with Gasteiger partial charge in [0.2, 0.25) is 0 Å². The SMILES string of the molecule is Cc1cccc(NC2=C(c3ccc(Cl)cc3)C(=O)N(Cc3ccc(F)cc3)C2=O)c1. The van der Waals surface area contributed by atoms with Crippen molar-refractivity contribution in [2.45, 2.75) is 13.5 Å². The lowest BCUT2D eigenvalue weighted by Gasteiger charge is -2.15. The molecule has 3 aromatic rings. The molecule has 4 rings (SSSR count). The van der Waals surface area contributed by atoms with Crippen LogP contribution in [0.4, 0.5) is 10.1 Å². The Balaban J connectivity index is 1.73. The van der Waals surface area contributed by atoms with Gasteiger partial charge in [0.15, 0.2) is 0 Å². The molecule has 150 valence electrons. The minimum absolute atomic E-state index is 0.0496. The van der Waals surface area contributed by atoms with E-state index in [1.165, 1.54) is 12.1 Å². The fourth-order valence-corrected chi connectivity index (χ4v) is 3.49. The van der Waals surface area contributed by atoms with Crippen LogP contribution < -0.4 is 5.32 Å². The second kappa shape index (κ2) is 8.13. The van der Waals surface area contributed by atoms with Gasteiger partial charge < -0.3 is 5.32 Å². The van der Waals surface area contributed by atoms with Crippen molar-refractivity contribution in [3.63, 3.8) is 0 Å². The lowest BCUT2D eigenvalue weighted by atomic mass is 10.0. The molecule has 0 unspecified atom stereocenters. The molecule has 6 heteroatoms. The number of hydrogen-bond donors (Lipinski definition) is 1. The third kappa shape index (κ3) is 3.98. The lowest BCUT2D eigenvalue weighted by Crippen LogP contribution is -2.32. The molecule has 0 atom stereocenters. The molecule has 0 aliphatic carbocycles. The van der Waals surface area contributed by atoms with Crippen molar-refractivity contribution in [2.24, 2.45) is 0 Å². The van der Waals surface area contributed by atoms with Gasteiger partial charge in [0, 0.05) is 10.7 Å². The summed E-state index contributed by atoms with van der Waals surface area (Å²) in [5, 5.41) is 3.66. The second-order valence-corrected chi connectivity index (χ2v) is 7.51. The van der Waals surface area contributed by atoms with Crippen LogP contribution in [0.1, 0.15) is 16.7 Å². The van der Waals surface area contributed by atoms with Crippen LogP contribution in [0.2, 0.25) is 5.02 Å². The van der Waals surface area contributed by atoms with Crippen molar-refractivity contribution in [3.05, 3.63) is 106 Å². The molecule has 1 aliphatic rings. The minimum Gasteiger partial charge on any atom is -0.350 e. The topological polar surface area (TPSA) is 49.4 Å². The molecule has 0 saturated carbocycles. The Morgan fingerprint density at radius 3 is 2.30 bits per heavy atom. The normalized spacial score (nSPS) is 13.9. The quantitative estimate of drug-likeness (QED) is 0.578. The van der Waals surface area contributed by atoms with E-state index in [9.17, 15) is 14.0 Å². The highest BCUT2D eigenvalue weighted by Crippen LogP contribution is 2.32. The van der Waals surface area contributed by atoms with Gasteiger partial charge >= 0.3 is 0 Å². The number of nitrogens with one attached hydrogen (secondary N) is 1. The number of rotatable bonds is 5. The fraction of sp³-hybridized carbons (Fsp3) is 0.0833. The number of benzene rings is 3. The van der Waals surface area contributed by atoms with Crippen LogP contribution in [-0.2, 0) is 16.1 Å². The van der Waals surface area contributed by atoms with E-state index in [1.807, 2.05) is 31.2 Å². The van der Waals surface area contributed by atoms with Gasteiger partial charge in [-0.1, -0.05) is 48.0 Å². The minimum atomic E-state index is -0.434.